The molecule has 3 heterocycles. The predicted molar refractivity (Wildman–Crippen MR) is 131 cm³/mol. The number of para-hydroxylation sites is 1. The number of carbonyl (C=O) groups excluding carboxylic acids is 3. The number of amides is 3. The molecule has 3 aromatic rings. The summed E-state index contributed by atoms with van der Waals surface area (Å²) in [7, 11) is 3.01. The third kappa shape index (κ3) is 3.94. The van der Waals surface area contributed by atoms with Crippen molar-refractivity contribution in [3.63, 3.8) is 0 Å². The number of imidazole rings is 1. The van der Waals surface area contributed by atoms with Crippen LogP contribution in [0.4, 0.5) is 5.69 Å². The fourth-order valence-electron chi connectivity index (χ4n) is 4.89. The van der Waals surface area contributed by atoms with Gasteiger partial charge in [0.05, 0.1) is 37.4 Å². The largest absolute Gasteiger partial charge is 0.493 e. The Hall–Kier alpha value is -4.34. The Morgan fingerprint density at radius 3 is 2.64 bits per heavy atom. The molecule has 2 aliphatic rings. The number of carbonyl (C=O) groups is 3. The van der Waals surface area contributed by atoms with Gasteiger partial charge in [0.25, 0.3) is 11.8 Å². The molecule has 3 amide bonds. The van der Waals surface area contributed by atoms with Crippen molar-refractivity contribution in [2.24, 2.45) is 0 Å². The Labute approximate surface area is 208 Å². The molecule has 0 fully saturated rings. The summed E-state index contributed by atoms with van der Waals surface area (Å²) in [5.74, 6) is 0.265. The van der Waals surface area contributed by atoms with Crippen molar-refractivity contribution < 1.29 is 23.9 Å². The zero-order chi connectivity index (χ0) is 25.2. The normalized spacial score (nSPS) is 15.9. The fourth-order valence-corrected chi connectivity index (χ4v) is 4.89. The molecule has 1 aromatic heterocycles. The molecule has 1 atom stereocenters. The molecule has 0 unspecified atom stereocenters. The van der Waals surface area contributed by atoms with E-state index < -0.39 is 6.17 Å². The van der Waals surface area contributed by atoms with Gasteiger partial charge in [0.1, 0.15) is 6.17 Å². The Balaban J connectivity index is 1.37. The molecule has 0 saturated heterocycles. The highest BCUT2D eigenvalue weighted by atomic mass is 16.5. The minimum Gasteiger partial charge on any atom is -0.493 e. The van der Waals surface area contributed by atoms with Crippen LogP contribution in [0.15, 0.2) is 55.1 Å². The molecule has 1 N–H and O–H groups in total. The quantitative estimate of drug-likeness (QED) is 0.495. The lowest BCUT2D eigenvalue weighted by molar-refractivity contribution is -0.121. The number of hydrogen-bond donors (Lipinski definition) is 1. The second-order valence-corrected chi connectivity index (χ2v) is 8.58. The standard InChI is InChI=1S/C26H27N5O5/c1-35-20-10-9-18-22(23(20)36-2)26(34)31-19-7-4-3-6-17(19)25(33)30(24(18)31)13-5-8-21(32)28-12-15-29-14-11-27-16-29/h3-4,6-7,9-11,14,16,24H,5,8,12-13,15H2,1-2H3,(H,28,32)/t24-/m0/s1. The van der Waals surface area contributed by atoms with Gasteiger partial charge in [-0.1, -0.05) is 18.2 Å². The van der Waals surface area contributed by atoms with Crippen molar-refractivity contribution in [1.29, 1.82) is 0 Å². The van der Waals surface area contributed by atoms with E-state index in [1.807, 2.05) is 10.8 Å². The fraction of sp³-hybridized carbons (Fsp3) is 0.308. The van der Waals surface area contributed by atoms with E-state index in [0.29, 0.717) is 59.9 Å². The smallest absolute Gasteiger partial charge is 0.264 e. The molecule has 2 aliphatic heterocycles. The van der Waals surface area contributed by atoms with E-state index in [0.717, 1.165) is 0 Å². The van der Waals surface area contributed by atoms with Crippen molar-refractivity contribution in [2.45, 2.75) is 25.6 Å². The number of aromatic nitrogens is 2. The van der Waals surface area contributed by atoms with Gasteiger partial charge in [0.15, 0.2) is 11.5 Å². The summed E-state index contributed by atoms with van der Waals surface area (Å²) >= 11 is 0. The minimum absolute atomic E-state index is 0.0915. The summed E-state index contributed by atoms with van der Waals surface area (Å²) in [4.78, 5) is 46.9. The molecular weight excluding hydrogens is 462 g/mol. The number of fused-ring (bicyclic) bond motifs is 5. The third-order valence-electron chi connectivity index (χ3n) is 6.54. The molecule has 0 spiro atoms. The Morgan fingerprint density at radius 1 is 1.06 bits per heavy atom. The van der Waals surface area contributed by atoms with Crippen molar-refractivity contribution in [1.82, 2.24) is 19.8 Å². The first-order chi connectivity index (χ1) is 17.5. The second-order valence-electron chi connectivity index (χ2n) is 8.58. The van der Waals surface area contributed by atoms with Crippen LogP contribution in [0, 0.1) is 0 Å². The first-order valence-electron chi connectivity index (χ1n) is 11.8. The van der Waals surface area contributed by atoms with Crippen LogP contribution < -0.4 is 19.7 Å². The SMILES string of the molecule is COc1ccc2c(c1OC)C(=O)N1c3ccccc3C(=O)N(CCCC(=O)NCCn3ccnc3)[C@H]21. The zero-order valence-corrected chi connectivity index (χ0v) is 20.1. The first kappa shape index (κ1) is 23.4. The zero-order valence-electron chi connectivity index (χ0n) is 20.1. The number of benzene rings is 2. The van der Waals surface area contributed by atoms with E-state index in [2.05, 4.69) is 10.3 Å². The van der Waals surface area contributed by atoms with E-state index >= 15 is 0 Å². The molecule has 0 aliphatic carbocycles. The number of nitrogens with zero attached hydrogens (tertiary/aromatic N) is 4. The van der Waals surface area contributed by atoms with Gasteiger partial charge in [-0.2, -0.15) is 0 Å². The maximum atomic E-state index is 13.7. The van der Waals surface area contributed by atoms with E-state index in [1.54, 1.807) is 58.7 Å². The lowest BCUT2D eigenvalue weighted by atomic mass is 10.0. The van der Waals surface area contributed by atoms with Crippen molar-refractivity contribution in [3.8, 4) is 11.5 Å². The van der Waals surface area contributed by atoms with Gasteiger partial charge in [-0.25, -0.2) is 4.98 Å². The minimum atomic E-state index is -0.626. The maximum absolute atomic E-state index is 13.7. The molecule has 0 radical (unpaired) electrons. The first-order valence-corrected chi connectivity index (χ1v) is 11.8. The Kier molecular flexibility index (Phi) is 6.32. The second kappa shape index (κ2) is 9.73. The van der Waals surface area contributed by atoms with E-state index in [1.165, 1.54) is 14.2 Å². The van der Waals surface area contributed by atoms with Crippen molar-refractivity contribution in [2.75, 3.05) is 32.2 Å². The summed E-state index contributed by atoms with van der Waals surface area (Å²) in [6, 6.07) is 10.6. The monoisotopic (exact) mass is 489 g/mol. The van der Waals surface area contributed by atoms with Gasteiger partial charge >= 0.3 is 0 Å². The highest BCUT2D eigenvalue weighted by Crippen LogP contribution is 2.49. The number of anilines is 1. The van der Waals surface area contributed by atoms with Gasteiger partial charge in [-0.15, -0.1) is 0 Å². The van der Waals surface area contributed by atoms with Crippen molar-refractivity contribution in [3.05, 3.63) is 71.8 Å². The summed E-state index contributed by atoms with van der Waals surface area (Å²) in [5, 5.41) is 2.90. The van der Waals surface area contributed by atoms with Crippen LogP contribution in [0.2, 0.25) is 0 Å². The molecule has 10 heteroatoms. The molecule has 0 bridgehead atoms. The van der Waals surface area contributed by atoms with E-state index in [9.17, 15) is 14.4 Å². The van der Waals surface area contributed by atoms with Crippen molar-refractivity contribution >= 4 is 23.4 Å². The summed E-state index contributed by atoms with van der Waals surface area (Å²) in [5.41, 5.74) is 2.06. The van der Waals surface area contributed by atoms with Crippen LogP contribution in [-0.2, 0) is 11.3 Å². The molecule has 10 nitrogen and oxygen atoms in total. The van der Waals surface area contributed by atoms with E-state index in [4.69, 9.17) is 9.47 Å². The number of methoxy groups -OCH3 is 2. The number of nitrogens with one attached hydrogen (secondary N) is 1. The van der Waals surface area contributed by atoms with Crippen LogP contribution in [0.25, 0.3) is 0 Å². The van der Waals surface area contributed by atoms with Crippen LogP contribution in [0.3, 0.4) is 0 Å². The topological polar surface area (TPSA) is 106 Å². The highest BCUT2D eigenvalue weighted by molar-refractivity contribution is 6.18. The third-order valence-corrected chi connectivity index (χ3v) is 6.54. The number of rotatable bonds is 9. The highest BCUT2D eigenvalue weighted by Gasteiger charge is 2.49. The molecule has 2 aromatic carbocycles. The molecule has 186 valence electrons. The van der Waals surface area contributed by atoms with Gasteiger partial charge in [-0.3, -0.25) is 19.3 Å². The molecule has 36 heavy (non-hydrogen) atoms. The average Bonchev–Trinajstić information content (AvgIpc) is 3.52. The summed E-state index contributed by atoms with van der Waals surface area (Å²) < 4.78 is 12.8. The van der Waals surface area contributed by atoms with Gasteiger partial charge < -0.3 is 24.3 Å². The predicted octanol–water partition coefficient (Wildman–Crippen LogP) is 2.61. The van der Waals surface area contributed by atoms with Crippen LogP contribution in [0.5, 0.6) is 11.5 Å². The van der Waals surface area contributed by atoms with Gasteiger partial charge in [0, 0.05) is 44.0 Å². The Morgan fingerprint density at radius 2 is 1.89 bits per heavy atom. The lowest BCUT2D eigenvalue weighted by Gasteiger charge is -2.41. The van der Waals surface area contributed by atoms with E-state index in [-0.39, 0.29) is 24.1 Å². The summed E-state index contributed by atoms with van der Waals surface area (Å²) in [6.07, 6.45) is 5.31. The molecular formula is C26H27N5O5. The van der Waals surface area contributed by atoms with Crippen LogP contribution in [0.1, 0.15) is 45.3 Å². The summed E-state index contributed by atoms with van der Waals surface area (Å²) in [6.45, 7) is 1.43. The van der Waals surface area contributed by atoms with Crippen LogP contribution >= 0.6 is 0 Å². The number of ether oxygens (including phenoxy) is 2. The average molecular weight is 490 g/mol. The van der Waals surface area contributed by atoms with Gasteiger partial charge in [0.2, 0.25) is 5.91 Å². The number of hydrogen-bond acceptors (Lipinski definition) is 6. The maximum Gasteiger partial charge on any atom is 0.264 e. The van der Waals surface area contributed by atoms with Crippen LogP contribution in [-0.4, -0.2) is 59.5 Å². The lowest BCUT2D eigenvalue weighted by Crippen LogP contribution is -2.48. The Bertz CT molecular complexity index is 1310. The molecule has 5 rings (SSSR count). The molecule has 0 saturated carbocycles. The van der Waals surface area contributed by atoms with Gasteiger partial charge in [-0.05, 0) is 24.6 Å².